The molecular weight excluding hydrogens is 374 g/mol. The zero-order chi connectivity index (χ0) is 20.7. The Morgan fingerprint density at radius 1 is 1.07 bits per heavy atom. The second-order valence-electron chi connectivity index (χ2n) is 8.50. The maximum absolute atomic E-state index is 13.5. The van der Waals surface area contributed by atoms with Crippen molar-refractivity contribution in [3.63, 3.8) is 0 Å². The second kappa shape index (κ2) is 7.59. The van der Waals surface area contributed by atoms with Gasteiger partial charge in [-0.25, -0.2) is 0 Å². The zero-order valence-corrected chi connectivity index (χ0v) is 17.9. The van der Waals surface area contributed by atoms with Gasteiger partial charge >= 0.3 is 0 Å². The molecule has 0 bridgehead atoms. The lowest BCUT2D eigenvalue weighted by atomic mass is 9.68. The molecule has 5 rings (SSSR count). The molecule has 0 unspecified atom stereocenters. The Bertz CT molecular complexity index is 1090. The standard InChI is InChI=1S/C26H29NO3/c1-3-27(4-2)15-16-29-18-11-12-19-21(17-18)26(13-7-8-14-26)25-23(24(19)28)20-9-5-6-10-22(20)30-25/h5-6,9-12,17H,3-4,7-8,13-16H2,1-2H3. The molecule has 0 saturated heterocycles. The highest BCUT2D eigenvalue weighted by molar-refractivity contribution is 6.19. The van der Waals surface area contributed by atoms with Gasteiger partial charge in [-0.05, 0) is 55.8 Å². The number of benzene rings is 2. The van der Waals surface area contributed by atoms with E-state index in [1.54, 1.807) is 0 Å². The van der Waals surface area contributed by atoms with Crippen molar-refractivity contribution in [1.82, 2.24) is 4.90 Å². The number of ketones is 1. The largest absolute Gasteiger partial charge is 0.492 e. The lowest BCUT2D eigenvalue weighted by Crippen LogP contribution is -2.32. The molecule has 0 aliphatic heterocycles. The Labute approximate surface area is 177 Å². The molecule has 0 radical (unpaired) electrons. The van der Waals surface area contributed by atoms with E-state index in [4.69, 9.17) is 9.15 Å². The predicted octanol–water partition coefficient (Wildman–Crippen LogP) is 5.56. The van der Waals surface area contributed by atoms with E-state index >= 15 is 0 Å². The lowest BCUT2D eigenvalue weighted by Gasteiger charge is -2.34. The lowest BCUT2D eigenvalue weighted by molar-refractivity contribution is 0.102. The number of nitrogens with zero attached hydrogens (tertiary/aromatic N) is 1. The van der Waals surface area contributed by atoms with Crippen molar-refractivity contribution >= 4 is 16.8 Å². The van der Waals surface area contributed by atoms with Crippen LogP contribution in [0.5, 0.6) is 5.75 Å². The fraction of sp³-hybridized carbons (Fsp3) is 0.423. The van der Waals surface area contributed by atoms with Crippen LogP contribution in [0.25, 0.3) is 11.0 Å². The smallest absolute Gasteiger partial charge is 0.197 e. The van der Waals surface area contributed by atoms with Gasteiger partial charge in [-0.15, -0.1) is 0 Å². The summed E-state index contributed by atoms with van der Waals surface area (Å²) < 4.78 is 12.5. The summed E-state index contributed by atoms with van der Waals surface area (Å²) in [6.45, 7) is 7.94. The number of fused-ring (bicyclic) bond motifs is 6. The molecule has 4 nitrogen and oxygen atoms in total. The highest BCUT2D eigenvalue weighted by Crippen LogP contribution is 2.54. The summed E-state index contributed by atoms with van der Waals surface area (Å²) in [5, 5.41) is 0.939. The number of likely N-dealkylation sites (N-methyl/N-ethyl adjacent to an activating group) is 1. The minimum absolute atomic E-state index is 0.0807. The Hall–Kier alpha value is -2.59. The van der Waals surface area contributed by atoms with Crippen LogP contribution in [0.1, 0.15) is 66.8 Å². The van der Waals surface area contributed by atoms with Crippen LogP contribution in [0.15, 0.2) is 46.9 Å². The van der Waals surface area contributed by atoms with Crippen molar-refractivity contribution in [3.05, 3.63) is 64.9 Å². The Kier molecular flexibility index (Phi) is 4.90. The summed E-state index contributed by atoms with van der Waals surface area (Å²) in [5.74, 6) is 1.80. The van der Waals surface area contributed by atoms with Crippen LogP contribution >= 0.6 is 0 Å². The van der Waals surface area contributed by atoms with Crippen molar-refractivity contribution in [1.29, 1.82) is 0 Å². The Morgan fingerprint density at radius 3 is 2.60 bits per heavy atom. The van der Waals surface area contributed by atoms with E-state index in [9.17, 15) is 4.79 Å². The Morgan fingerprint density at radius 2 is 1.83 bits per heavy atom. The summed E-state index contributed by atoms with van der Waals surface area (Å²) in [6.07, 6.45) is 4.33. The van der Waals surface area contributed by atoms with Crippen LogP contribution in [-0.2, 0) is 5.41 Å². The van der Waals surface area contributed by atoms with Crippen molar-refractivity contribution in [2.75, 3.05) is 26.2 Å². The molecular formula is C26H29NO3. The van der Waals surface area contributed by atoms with Gasteiger partial charge in [0, 0.05) is 17.5 Å². The number of carbonyl (C=O) groups is 1. The highest BCUT2D eigenvalue weighted by Gasteiger charge is 2.49. The third kappa shape index (κ3) is 2.89. The van der Waals surface area contributed by atoms with Gasteiger partial charge < -0.3 is 14.1 Å². The molecule has 2 aliphatic carbocycles. The third-order valence-corrected chi connectivity index (χ3v) is 7.04. The first-order valence-electron chi connectivity index (χ1n) is 11.2. The van der Waals surface area contributed by atoms with Crippen LogP contribution in [0.4, 0.5) is 0 Å². The third-order valence-electron chi connectivity index (χ3n) is 7.04. The van der Waals surface area contributed by atoms with Crippen molar-refractivity contribution < 1.29 is 13.9 Å². The molecule has 1 fully saturated rings. The van der Waals surface area contributed by atoms with Gasteiger partial charge in [0.15, 0.2) is 5.78 Å². The normalized spacial score (nSPS) is 17.0. The van der Waals surface area contributed by atoms with Crippen molar-refractivity contribution in [3.8, 4) is 5.75 Å². The summed E-state index contributed by atoms with van der Waals surface area (Å²) in [4.78, 5) is 15.9. The summed E-state index contributed by atoms with van der Waals surface area (Å²) in [5.41, 5.74) is 3.28. The average Bonchev–Trinajstić information content (AvgIpc) is 3.41. The average molecular weight is 404 g/mol. The summed E-state index contributed by atoms with van der Waals surface area (Å²) in [6, 6.07) is 14.0. The van der Waals surface area contributed by atoms with Crippen LogP contribution < -0.4 is 4.74 Å². The number of hydrogen-bond donors (Lipinski definition) is 0. The molecule has 4 heteroatoms. The van der Waals surface area contributed by atoms with Gasteiger partial charge in [0.2, 0.25) is 0 Å². The molecule has 2 aliphatic rings. The first-order chi connectivity index (χ1) is 14.7. The van der Waals surface area contributed by atoms with Gasteiger partial charge in [0.1, 0.15) is 23.7 Å². The summed E-state index contributed by atoms with van der Waals surface area (Å²) in [7, 11) is 0. The topological polar surface area (TPSA) is 42.7 Å². The molecule has 0 N–H and O–H groups in total. The number of rotatable bonds is 6. The van der Waals surface area contributed by atoms with E-state index in [0.717, 1.165) is 84.5 Å². The maximum atomic E-state index is 13.5. The molecule has 0 amide bonds. The minimum Gasteiger partial charge on any atom is -0.492 e. The predicted molar refractivity (Wildman–Crippen MR) is 119 cm³/mol. The van der Waals surface area contributed by atoms with Crippen LogP contribution in [0.3, 0.4) is 0 Å². The minimum atomic E-state index is -0.212. The van der Waals surface area contributed by atoms with E-state index in [-0.39, 0.29) is 11.2 Å². The van der Waals surface area contributed by atoms with Gasteiger partial charge in [-0.1, -0.05) is 44.9 Å². The van der Waals surface area contributed by atoms with Crippen molar-refractivity contribution in [2.45, 2.75) is 44.9 Å². The number of furan rings is 1. The SMILES string of the molecule is CCN(CC)CCOc1ccc2c(c1)C1(CCCC1)c1oc3ccccc3c1C2=O. The van der Waals surface area contributed by atoms with Crippen LogP contribution in [0, 0.1) is 0 Å². The molecule has 30 heavy (non-hydrogen) atoms. The number of ether oxygens (including phenoxy) is 1. The molecule has 1 spiro atoms. The Balaban J connectivity index is 1.56. The van der Waals surface area contributed by atoms with E-state index in [0.29, 0.717) is 6.61 Å². The fourth-order valence-corrected chi connectivity index (χ4v) is 5.38. The number of para-hydroxylation sites is 1. The van der Waals surface area contributed by atoms with E-state index in [2.05, 4.69) is 24.8 Å². The van der Waals surface area contributed by atoms with Crippen molar-refractivity contribution in [2.24, 2.45) is 0 Å². The van der Waals surface area contributed by atoms with Gasteiger partial charge in [-0.3, -0.25) is 4.79 Å². The second-order valence-corrected chi connectivity index (χ2v) is 8.50. The quantitative estimate of drug-likeness (QED) is 0.541. The fourth-order valence-electron chi connectivity index (χ4n) is 5.38. The maximum Gasteiger partial charge on any atom is 0.197 e. The first-order valence-corrected chi connectivity index (χ1v) is 11.2. The van der Waals surface area contributed by atoms with Gasteiger partial charge in [-0.2, -0.15) is 0 Å². The zero-order valence-electron chi connectivity index (χ0n) is 17.9. The molecule has 2 aromatic carbocycles. The van der Waals surface area contributed by atoms with Crippen LogP contribution in [-0.4, -0.2) is 36.9 Å². The van der Waals surface area contributed by atoms with Gasteiger partial charge in [0.05, 0.1) is 11.0 Å². The molecule has 0 atom stereocenters. The number of hydrogen-bond acceptors (Lipinski definition) is 4. The molecule has 156 valence electrons. The highest BCUT2D eigenvalue weighted by atomic mass is 16.5. The number of carbonyl (C=O) groups excluding carboxylic acids is 1. The van der Waals surface area contributed by atoms with E-state index in [1.807, 2.05) is 36.4 Å². The van der Waals surface area contributed by atoms with E-state index in [1.165, 1.54) is 0 Å². The molecule has 1 saturated carbocycles. The summed E-state index contributed by atoms with van der Waals surface area (Å²) >= 11 is 0. The molecule has 1 heterocycles. The molecule has 1 aromatic heterocycles. The van der Waals surface area contributed by atoms with Crippen LogP contribution in [0.2, 0.25) is 0 Å². The monoisotopic (exact) mass is 403 g/mol. The molecule has 3 aromatic rings. The first kappa shape index (κ1) is 19.4. The van der Waals surface area contributed by atoms with E-state index < -0.39 is 0 Å². The van der Waals surface area contributed by atoms with Gasteiger partial charge in [0.25, 0.3) is 0 Å².